The molecule has 4 nitrogen and oxygen atoms in total. The number of fused-ring (bicyclic) bond motifs is 1. The van der Waals surface area contributed by atoms with E-state index in [1.54, 1.807) is 24.3 Å². The zero-order valence-electron chi connectivity index (χ0n) is 12.0. The summed E-state index contributed by atoms with van der Waals surface area (Å²) in [6, 6.07) is 10.4. The van der Waals surface area contributed by atoms with Crippen LogP contribution in [0, 0.1) is 0 Å². The van der Waals surface area contributed by atoms with Gasteiger partial charge in [0.1, 0.15) is 18.2 Å². The van der Waals surface area contributed by atoms with E-state index in [2.05, 4.69) is 4.98 Å². The van der Waals surface area contributed by atoms with Crippen LogP contribution < -0.4 is 4.74 Å². The zero-order chi connectivity index (χ0) is 16.4. The summed E-state index contributed by atoms with van der Waals surface area (Å²) in [7, 11) is 0. The summed E-state index contributed by atoms with van der Waals surface area (Å²) in [6.07, 6.45) is 0. The summed E-state index contributed by atoms with van der Waals surface area (Å²) in [4.78, 5) is 4.53. The molecule has 0 saturated heterocycles. The predicted octanol–water partition coefficient (Wildman–Crippen LogP) is 4.57. The van der Waals surface area contributed by atoms with Gasteiger partial charge in [0.2, 0.25) is 0 Å². The van der Waals surface area contributed by atoms with Crippen molar-refractivity contribution in [2.24, 2.45) is 0 Å². The fourth-order valence-corrected chi connectivity index (χ4v) is 2.84. The molecule has 3 aromatic rings. The normalized spacial score (nSPS) is 11.1. The highest BCUT2D eigenvalue weighted by atomic mass is 35.5. The highest BCUT2D eigenvalue weighted by Crippen LogP contribution is 2.29. The van der Waals surface area contributed by atoms with Crippen LogP contribution in [0.5, 0.6) is 5.75 Å². The van der Waals surface area contributed by atoms with Crippen LogP contribution >= 0.6 is 34.8 Å². The highest BCUT2D eigenvalue weighted by Gasteiger charge is 2.12. The van der Waals surface area contributed by atoms with Crippen molar-refractivity contribution in [1.82, 2.24) is 9.55 Å². The number of ether oxygens (including phenoxy) is 1. The number of hydrogen-bond donors (Lipinski definition) is 1. The van der Waals surface area contributed by atoms with Gasteiger partial charge in [-0.15, -0.1) is 0 Å². The van der Waals surface area contributed by atoms with Gasteiger partial charge in [-0.1, -0.05) is 34.8 Å². The monoisotopic (exact) mass is 370 g/mol. The van der Waals surface area contributed by atoms with E-state index in [1.165, 1.54) is 0 Å². The number of aliphatic hydroxyl groups excluding tert-OH is 1. The zero-order valence-corrected chi connectivity index (χ0v) is 14.2. The van der Waals surface area contributed by atoms with Crippen molar-refractivity contribution in [2.75, 3.05) is 6.61 Å². The van der Waals surface area contributed by atoms with E-state index >= 15 is 0 Å². The minimum Gasteiger partial charge on any atom is -0.484 e. The van der Waals surface area contributed by atoms with Gasteiger partial charge in [-0.3, -0.25) is 0 Å². The van der Waals surface area contributed by atoms with E-state index in [-0.39, 0.29) is 13.2 Å². The minimum atomic E-state index is -0.0110. The first-order valence-corrected chi connectivity index (χ1v) is 8.05. The molecule has 120 valence electrons. The molecule has 0 unspecified atom stereocenters. The van der Waals surface area contributed by atoms with Crippen LogP contribution in [0.1, 0.15) is 5.82 Å². The van der Waals surface area contributed by atoms with Crippen LogP contribution in [0.15, 0.2) is 36.4 Å². The third-order valence-electron chi connectivity index (χ3n) is 3.36. The van der Waals surface area contributed by atoms with Gasteiger partial charge in [-0.05, 0) is 30.3 Å². The van der Waals surface area contributed by atoms with E-state index < -0.39 is 0 Å². The van der Waals surface area contributed by atoms with Crippen molar-refractivity contribution in [3.8, 4) is 5.75 Å². The maximum absolute atomic E-state index is 9.30. The maximum Gasteiger partial charge on any atom is 0.148 e. The average molecular weight is 372 g/mol. The molecular weight excluding hydrogens is 359 g/mol. The van der Waals surface area contributed by atoms with Crippen LogP contribution in [-0.2, 0) is 13.2 Å². The summed E-state index contributed by atoms with van der Waals surface area (Å²) in [5.74, 6) is 1.16. The second-order valence-electron chi connectivity index (χ2n) is 4.90. The SMILES string of the molecule is OCCn1c(COc2cc(Cl)ccc2Cl)nc2ccc(Cl)cc21. The fourth-order valence-electron chi connectivity index (χ4n) is 2.34. The van der Waals surface area contributed by atoms with Crippen LogP contribution in [0.25, 0.3) is 11.0 Å². The topological polar surface area (TPSA) is 47.3 Å². The fraction of sp³-hybridized carbons (Fsp3) is 0.188. The number of halogens is 3. The van der Waals surface area contributed by atoms with E-state index in [9.17, 15) is 5.11 Å². The van der Waals surface area contributed by atoms with Gasteiger partial charge >= 0.3 is 0 Å². The molecule has 2 aromatic carbocycles. The van der Waals surface area contributed by atoms with Crippen LogP contribution in [0.3, 0.4) is 0 Å². The van der Waals surface area contributed by atoms with Crippen molar-refractivity contribution in [1.29, 1.82) is 0 Å². The third-order valence-corrected chi connectivity index (χ3v) is 4.15. The Labute approximate surface area is 148 Å². The summed E-state index contributed by atoms with van der Waals surface area (Å²) < 4.78 is 7.61. The van der Waals surface area contributed by atoms with Crippen molar-refractivity contribution >= 4 is 45.8 Å². The lowest BCUT2D eigenvalue weighted by molar-refractivity contribution is 0.260. The molecular formula is C16H13Cl3N2O2. The summed E-state index contributed by atoms with van der Waals surface area (Å²) >= 11 is 18.1. The second-order valence-corrected chi connectivity index (χ2v) is 6.18. The molecule has 0 spiro atoms. The number of hydrogen-bond acceptors (Lipinski definition) is 3. The van der Waals surface area contributed by atoms with Gasteiger partial charge in [0.15, 0.2) is 0 Å². The number of imidazole rings is 1. The van der Waals surface area contributed by atoms with Crippen LogP contribution in [0.4, 0.5) is 0 Å². The lowest BCUT2D eigenvalue weighted by Gasteiger charge is -2.10. The molecule has 1 aromatic heterocycles. The Balaban J connectivity index is 1.92. The molecule has 1 heterocycles. The van der Waals surface area contributed by atoms with Crippen molar-refractivity contribution in [2.45, 2.75) is 13.2 Å². The van der Waals surface area contributed by atoms with Crippen molar-refractivity contribution in [3.05, 3.63) is 57.3 Å². The van der Waals surface area contributed by atoms with Gasteiger partial charge in [-0.2, -0.15) is 0 Å². The first kappa shape index (κ1) is 16.4. The number of aliphatic hydroxyl groups is 1. The lowest BCUT2D eigenvalue weighted by atomic mass is 10.3. The summed E-state index contributed by atoms with van der Waals surface area (Å²) in [5, 5.41) is 10.9. The molecule has 0 aliphatic rings. The molecule has 0 bridgehead atoms. The first-order valence-electron chi connectivity index (χ1n) is 6.92. The maximum atomic E-state index is 9.30. The van der Waals surface area contributed by atoms with Gasteiger partial charge in [-0.25, -0.2) is 4.98 Å². The largest absolute Gasteiger partial charge is 0.484 e. The number of benzene rings is 2. The molecule has 0 radical (unpaired) electrons. The average Bonchev–Trinajstić information content (AvgIpc) is 2.86. The molecule has 3 rings (SSSR count). The van der Waals surface area contributed by atoms with Gasteiger partial charge < -0.3 is 14.4 Å². The molecule has 23 heavy (non-hydrogen) atoms. The van der Waals surface area contributed by atoms with E-state index in [4.69, 9.17) is 39.5 Å². The molecule has 7 heteroatoms. The smallest absolute Gasteiger partial charge is 0.148 e. The van der Waals surface area contributed by atoms with Gasteiger partial charge in [0.25, 0.3) is 0 Å². The highest BCUT2D eigenvalue weighted by molar-refractivity contribution is 6.34. The second kappa shape index (κ2) is 6.97. The molecule has 0 atom stereocenters. The van der Waals surface area contributed by atoms with E-state index in [0.717, 1.165) is 11.0 Å². The van der Waals surface area contributed by atoms with Crippen LogP contribution in [0.2, 0.25) is 15.1 Å². The lowest BCUT2D eigenvalue weighted by Crippen LogP contribution is -2.09. The van der Waals surface area contributed by atoms with Crippen molar-refractivity contribution < 1.29 is 9.84 Å². The predicted molar refractivity (Wildman–Crippen MR) is 92.6 cm³/mol. The quantitative estimate of drug-likeness (QED) is 0.715. The Bertz CT molecular complexity index is 849. The summed E-state index contributed by atoms with van der Waals surface area (Å²) in [6.45, 7) is 0.591. The standard InChI is InChI=1S/C16H13Cl3N2O2/c17-10-2-4-13-14(7-10)21(5-6-22)16(20-13)9-23-15-8-11(18)1-3-12(15)19/h1-4,7-8,22H,5-6,9H2. The van der Waals surface area contributed by atoms with E-state index in [0.29, 0.717) is 33.2 Å². The van der Waals surface area contributed by atoms with Crippen molar-refractivity contribution in [3.63, 3.8) is 0 Å². The van der Waals surface area contributed by atoms with Crippen LogP contribution in [-0.4, -0.2) is 21.3 Å². The molecule has 0 amide bonds. The number of nitrogens with zero attached hydrogens (tertiary/aromatic N) is 2. The molecule has 0 aliphatic carbocycles. The third kappa shape index (κ3) is 3.56. The molecule has 1 N–H and O–H groups in total. The molecule has 0 fully saturated rings. The van der Waals surface area contributed by atoms with E-state index in [1.807, 2.05) is 16.7 Å². The Morgan fingerprint density at radius 3 is 2.57 bits per heavy atom. The summed E-state index contributed by atoms with van der Waals surface area (Å²) in [5.41, 5.74) is 1.64. The number of aromatic nitrogens is 2. The Hall–Kier alpha value is -1.46. The first-order chi connectivity index (χ1) is 11.1. The van der Waals surface area contributed by atoms with Gasteiger partial charge in [0.05, 0.1) is 22.7 Å². The minimum absolute atomic E-state index is 0.0110. The van der Waals surface area contributed by atoms with Gasteiger partial charge in [0, 0.05) is 22.7 Å². The molecule has 0 aliphatic heterocycles. The Kier molecular flexibility index (Phi) is 4.97. The Morgan fingerprint density at radius 1 is 1.04 bits per heavy atom. The Morgan fingerprint density at radius 2 is 1.78 bits per heavy atom. The molecule has 0 saturated carbocycles. The number of rotatable bonds is 5.